The first kappa shape index (κ1) is 16.5. The number of hydrogen-bond acceptors (Lipinski definition) is 4. The standard InChI is InChI=1S/C15H25N3O2/c1-5-15(2,3)18(4)10-11-20-13-9-7-6-8-12(13)14(19)17-16/h6-9H,5,10-11,16H2,1-4H3,(H,17,19). The first-order valence-electron chi connectivity index (χ1n) is 6.86. The summed E-state index contributed by atoms with van der Waals surface area (Å²) in [4.78, 5) is 13.9. The summed E-state index contributed by atoms with van der Waals surface area (Å²) in [5.74, 6) is 5.37. The summed E-state index contributed by atoms with van der Waals surface area (Å²) in [5, 5.41) is 0. The molecule has 0 bridgehead atoms. The molecule has 1 aromatic carbocycles. The summed E-state index contributed by atoms with van der Waals surface area (Å²) in [6.45, 7) is 7.87. The number of carbonyl (C=O) groups excluding carboxylic acids is 1. The van der Waals surface area contributed by atoms with E-state index in [9.17, 15) is 4.79 Å². The second kappa shape index (κ2) is 7.26. The number of hydrazine groups is 1. The van der Waals surface area contributed by atoms with Crippen molar-refractivity contribution in [2.24, 2.45) is 5.84 Å². The number of nitrogens with two attached hydrogens (primary N) is 1. The van der Waals surface area contributed by atoms with E-state index in [-0.39, 0.29) is 11.4 Å². The van der Waals surface area contributed by atoms with Gasteiger partial charge in [0.05, 0.1) is 5.56 Å². The van der Waals surface area contributed by atoms with Crippen LogP contribution in [0.4, 0.5) is 0 Å². The van der Waals surface area contributed by atoms with Crippen molar-refractivity contribution < 1.29 is 9.53 Å². The fourth-order valence-corrected chi connectivity index (χ4v) is 1.72. The Morgan fingerprint density at radius 2 is 2.05 bits per heavy atom. The lowest BCUT2D eigenvalue weighted by Gasteiger charge is -2.34. The minimum atomic E-state index is -0.345. The van der Waals surface area contributed by atoms with Gasteiger partial charge in [0.2, 0.25) is 0 Å². The number of para-hydroxylation sites is 1. The van der Waals surface area contributed by atoms with Gasteiger partial charge in [-0.15, -0.1) is 0 Å². The highest BCUT2D eigenvalue weighted by Crippen LogP contribution is 2.19. The van der Waals surface area contributed by atoms with E-state index in [1.165, 1.54) is 0 Å². The smallest absolute Gasteiger partial charge is 0.268 e. The summed E-state index contributed by atoms with van der Waals surface area (Å²) in [5.41, 5.74) is 2.71. The van der Waals surface area contributed by atoms with Crippen LogP contribution in [0.25, 0.3) is 0 Å². The normalized spacial score (nSPS) is 11.5. The monoisotopic (exact) mass is 279 g/mol. The zero-order chi connectivity index (χ0) is 15.2. The van der Waals surface area contributed by atoms with E-state index in [1.54, 1.807) is 18.2 Å². The lowest BCUT2D eigenvalue weighted by molar-refractivity contribution is 0.0945. The summed E-state index contributed by atoms with van der Waals surface area (Å²) in [7, 11) is 2.07. The number of nitrogen functional groups attached to an aromatic ring is 1. The van der Waals surface area contributed by atoms with Crippen LogP contribution in [0.3, 0.4) is 0 Å². The van der Waals surface area contributed by atoms with Gasteiger partial charge in [-0.05, 0) is 39.4 Å². The van der Waals surface area contributed by atoms with Gasteiger partial charge in [0.1, 0.15) is 12.4 Å². The van der Waals surface area contributed by atoms with Gasteiger partial charge in [-0.3, -0.25) is 15.1 Å². The van der Waals surface area contributed by atoms with Crippen LogP contribution in [0.5, 0.6) is 5.75 Å². The van der Waals surface area contributed by atoms with E-state index in [0.717, 1.165) is 13.0 Å². The fourth-order valence-electron chi connectivity index (χ4n) is 1.72. The number of hydrogen-bond donors (Lipinski definition) is 2. The summed E-state index contributed by atoms with van der Waals surface area (Å²) < 4.78 is 5.71. The Labute approximate surface area is 121 Å². The van der Waals surface area contributed by atoms with Gasteiger partial charge in [-0.1, -0.05) is 19.1 Å². The van der Waals surface area contributed by atoms with Gasteiger partial charge < -0.3 is 4.74 Å². The van der Waals surface area contributed by atoms with Crippen LogP contribution in [0, 0.1) is 0 Å². The Morgan fingerprint density at radius 3 is 2.65 bits per heavy atom. The Hall–Kier alpha value is -1.59. The molecule has 0 atom stereocenters. The van der Waals surface area contributed by atoms with Gasteiger partial charge in [0.25, 0.3) is 5.91 Å². The van der Waals surface area contributed by atoms with Gasteiger partial charge in [-0.25, -0.2) is 5.84 Å². The predicted molar refractivity (Wildman–Crippen MR) is 80.6 cm³/mol. The molecule has 5 heteroatoms. The average Bonchev–Trinajstić information content (AvgIpc) is 2.46. The molecule has 1 amide bonds. The van der Waals surface area contributed by atoms with Crippen LogP contribution in [0.2, 0.25) is 0 Å². The van der Waals surface area contributed by atoms with Gasteiger partial charge in [0, 0.05) is 12.1 Å². The highest BCUT2D eigenvalue weighted by molar-refractivity contribution is 5.96. The van der Waals surface area contributed by atoms with Crippen LogP contribution in [0.15, 0.2) is 24.3 Å². The van der Waals surface area contributed by atoms with Crippen molar-refractivity contribution in [2.75, 3.05) is 20.2 Å². The van der Waals surface area contributed by atoms with E-state index in [1.807, 2.05) is 6.07 Å². The number of likely N-dealkylation sites (N-methyl/N-ethyl adjacent to an activating group) is 1. The Bertz CT molecular complexity index is 446. The number of benzene rings is 1. The molecule has 0 radical (unpaired) electrons. The molecule has 112 valence electrons. The van der Waals surface area contributed by atoms with Crippen molar-refractivity contribution in [1.29, 1.82) is 0 Å². The van der Waals surface area contributed by atoms with Crippen LogP contribution < -0.4 is 16.0 Å². The third-order valence-corrected chi connectivity index (χ3v) is 3.85. The van der Waals surface area contributed by atoms with Gasteiger partial charge >= 0.3 is 0 Å². The topological polar surface area (TPSA) is 67.6 Å². The summed E-state index contributed by atoms with van der Waals surface area (Å²) in [6, 6.07) is 7.08. The second-order valence-corrected chi connectivity index (χ2v) is 5.41. The van der Waals surface area contributed by atoms with Crippen molar-refractivity contribution in [2.45, 2.75) is 32.7 Å². The molecule has 0 saturated heterocycles. The molecule has 0 saturated carbocycles. The van der Waals surface area contributed by atoms with Crippen LogP contribution >= 0.6 is 0 Å². The largest absolute Gasteiger partial charge is 0.491 e. The molecule has 0 unspecified atom stereocenters. The molecule has 0 aliphatic carbocycles. The Morgan fingerprint density at radius 1 is 1.40 bits per heavy atom. The molecule has 1 rings (SSSR count). The molecule has 20 heavy (non-hydrogen) atoms. The van der Waals surface area contributed by atoms with Gasteiger partial charge in [0.15, 0.2) is 0 Å². The maximum absolute atomic E-state index is 11.6. The Kier molecular flexibility index (Phi) is 5.98. The fraction of sp³-hybridized carbons (Fsp3) is 0.533. The van der Waals surface area contributed by atoms with E-state index < -0.39 is 0 Å². The maximum atomic E-state index is 11.6. The molecular formula is C15H25N3O2. The second-order valence-electron chi connectivity index (χ2n) is 5.41. The number of nitrogens with zero attached hydrogens (tertiary/aromatic N) is 1. The number of carbonyl (C=O) groups is 1. The minimum absolute atomic E-state index is 0.136. The highest BCUT2D eigenvalue weighted by atomic mass is 16.5. The zero-order valence-electron chi connectivity index (χ0n) is 12.8. The van der Waals surface area contributed by atoms with Gasteiger partial charge in [-0.2, -0.15) is 0 Å². The molecule has 0 aliphatic rings. The number of rotatable bonds is 7. The van der Waals surface area contributed by atoms with Crippen LogP contribution in [-0.4, -0.2) is 36.5 Å². The molecule has 0 aromatic heterocycles. The predicted octanol–water partition coefficient (Wildman–Crippen LogP) is 1.79. The van der Waals surface area contributed by atoms with Crippen LogP contribution in [0.1, 0.15) is 37.6 Å². The van der Waals surface area contributed by atoms with Crippen molar-refractivity contribution in [3.63, 3.8) is 0 Å². The highest BCUT2D eigenvalue weighted by Gasteiger charge is 2.20. The van der Waals surface area contributed by atoms with Crippen molar-refractivity contribution >= 4 is 5.91 Å². The number of ether oxygens (including phenoxy) is 1. The number of nitrogens with one attached hydrogen (secondary N) is 1. The van der Waals surface area contributed by atoms with Crippen molar-refractivity contribution in [1.82, 2.24) is 10.3 Å². The zero-order valence-corrected chi connectivity index (χ0v) is 12.8. The molecule has 5 nitrogen and oxygen atoms in total. The molecule has 0 heterocycles. The third kappa shape index (κ3) is 4.21. The quantitative estimate of drug-likeness (QED) is 0.453. The third-order valence-electron chi connectivity index (χ3n) is 3.85. The van der Waals surface area contributed by atoms with Crippen molar-refractivity contribution in [3.05, 3.63) is 29.8 Å². The average molecular weight is 279 g/mol. The molecular weight excluding hydrogens is 254 g/mol. The molecule has 0 spiro atoms. The minimum Gasteiger partial charge on any atom is -0.491 e. The summed E-state index contributed by atoms with van der Waals surface area (Å²) >= 11 is 0. The molecule has 0 aliphatic heterocycles. The molecule has 3 N–H and O–H groups in total. The Balaban J connectivity index is 2.61. The van der Waals surface area contributed by atoms with Crippen molar-refractivity contribution in [3.8, 4) is 5.75 Å². The number of amides is 1. The first-order valence-corrected chi connectivity index (χ1v) is 6.86. The first-order chi connectivity index (χ1) is 9.42. The van der Waals surface area contributed by atoms with E-state index in [2.05, 4.69) is 38.1 Å². The molecule has 1 aromatic rings. The van der Waals surface area contributed by atoms with E-state index in [4.69, 9.17) is 10.6 Å². The van der Waals surface area contributed by atoms with E-state index in [0.29, 0.717) is 17.9 Å². The molecule has 0 fully saturated rings. The van der Waals surface area contributed by atoms with Crippen LogP contribution in [-0.2, 0) is 0 Å². The lowest BCUT2D eigenvalue weighted by atomic mass is 10.0. The maximum Gasteiger partial charge on any atom is 0.268 e. The van der Waals surface area contributed by atoms with E-state index >= 15 is 0 Å². The SMILES string of the molecule is CCC(C)(C)N(C)CCOc1ccccc1C(=O)NN. The summed E-state index contributed by atoms with van der Waals surface area (Å²) in [6.07, 6.45) is 1.07. The lowest BCUT2D eigenvalue weighted by Crippen LogP contribution is -2.42.